The highest BCUT2D eigenvalue weighted by molar-refractivity contribution is 6.41. The third kappa shape index (κ3) is 4.42. The molecule has 0 amide bonds. The third-order valence-electron chi connectivity index (χ3n) is 3.66. The molecule has 0 aliphatic carbocycles. The van der Waals surface area contributed by atoms with Crippen molar-refractivity contribution in [1.82, 2.24) is 9.55 Å². The number of ketones is 2. The van der Waals surface area contributed by atoms with E-state index in [0.29, 0.717) is 10.0 Å². The van der Waals surface area contributed by atoms with E-state index in [1.807, 2.05) is 0 Å². The summed E-state index contributed by atoms with van der Waals surface area (Å²) < 4.78 is 1.43. The molecular weight excluding hydrogens is 430 g/mol. The van der Waals surface area contributed by atoms with Gasteiger partial charge in [-0.05, 0) is 36.4 Å². The molecule has 0 atom stereocenters. The van der Waals surface area contributed by atoms with E-state index >= 15 is 0 Å². The Morgan fingerprint density at radius 3 is 2.00 bits per heavy atom. The van der Waals surface area contributed by atoms with Gasteiger partial charge in [0.15, 0.2) is 5.78 Å². The van der Waals surface area contributed by atoms with E-state index in [4.69, 9.17) is 46.4 Å². The van der Waals surface area contributed by atoms with Crippen molar-refractivity contribution < 1.29 is 9.59 Å². The molecule has 3 rings (SSSR count). The summed E-state index contributed by atoms with van der Waals surface area (Å²) in [5.41, 5.74) is 0.484. The standard InChI is InChI=1S/C19H10Cl4N2O2/c20-11-1-3-13(15(22)7-11)18(26)9-17(25-6-5-24-10-25)19(27)14-4-2-12(21)8-16(14)23/h1-10H/b17-9+. The first-order valence-electron chi connectivity index (χ1n) is 7.56. The summed E-state index contributed by atoms with van der Waals surface area (Å²) in [7, 11) is 0. The highest BCUT2D eigenvalue weighted by atomic mass is 35.5. The zero-order valence-corrected chi connectivity index (χ0v) is 16.5. The predicted octanol–water partition coefficient (Wildman–Crippen LogP) is 6.10. The largest absolute Gasteiger partial charge is 0.302 e. The maximum atomic E-state index is 13.0. The zero-order valence-electron chi connectivity index (χ0n) is 13.5. The van der Waals surface area contributed by atoms with Crippen molar-refractivity contribution in [2.75, 3.05) is 0 Å². The number of nitrogens with zero attached hydrogens (tertiary/aromatic N) is 2. The molecule has 0 fully saturated rings. The number of allylic oxidation sites excluding steroid dienone is 2. The van der Waals surface area contributed by atoms with Crippen molar-refractivity contribution >= 4 is 63.7 Å². The van der Waals surface area contributed by atoms with Crippen molar-refractivity contribution in [2.45, 2.75) is 0 Å². The first-order chi connectivity index (χ1) is 12.9. The molecule has 0 saturated heterocycles. The molecule has 0 saturated carbocycles. The van der Waals surface area contributed by atoms with Gasteiger partial charge in [0, 0.05) is 39.6 Å². The molecule has 0 radical (unpaired) electrons. The maximum absolute atomic E-state index is 13.0. The van der Waals surface area contributed by atoms with Gasteiger partial charge < -0.3 is 4.57 Å². The van der Waals surface area contributed by atoms with E-state index < -0.39 is 11.6 Å². The van der Waals surface area contributed by atoms with Gasteiger partial charge in [0.1, 0.15) is 0 Å². The predicted molar refractivity (Wildman–Crippen MR) is 108 cm³/mol. The minimum atomic E-state index is -0.465. The molecule has 0 bridgehead atoms. The smallest absolute Gasteiger partial charge is 0.211 e. The van der Waals surface area contributed by atoms with E-state index in [1.165, 1.54) is 47.4 Å². The third-order valence-corrected chi connectivity index (χ3v) is 4.75. The summed E-state index contributed by atoms with van der Waals surface area (Å²) in [5, 5.41) is 1.16. The second kappa shape index (κ2) is 8.28. The maximum Gasteiger partial charge on any atom is 0.211 e. The van der Waals surface area contributed by atoms with E-state index in [1.54, 1.807) is 18.3 Å². The molecule has 1 aromatic heterocycles. The normalized spacial score (nSPS) is 11.5. The highest BCUT2D eigenvalue weighted by Gasteiger charge is 2.20. The number of halogens is 4. The molecule has 0 aliphatic rings. The SMILES string of the molecule is O=C(/C=C(\C(=O)c1ccc(Cl)cc1Cl)n1ccnc1)c1ccc(Cl)cc1Cl. The molecule has 1 heterocycles. The lowest BCUT2D eigenvalue weighted by Gasteiger charge is -2.10. The van der Waals surface area contributed by atoms with Crippen molar-refractivity contribution in [3.63, 3.8) is 0 Å². The van der Waals surface area contributed by atoms with E-state index in [9.17, 15) is 9.59 Å². The highest BCUT2D eigenvalue weighted by Crippen LogP contribution is 2.26. The van der Waals surface area contributed by atoms with Gasteiger partial charge in [0.05, 0.1) is 22.1 Å². The molecule has 8 heteroatoms. The molecule has 3 aromatic rings. The summed E-state index contributed by atoms with van der Waals surface area (Å²) in [6.07, 6.45) is 5.63. The Morgan fingerprint density at radius 2 is 1.48 bits per heavy atom. The second-order valence-corrected chi connectivity index (χ2v) is 7.13. The first-order valence-corrected chi connectivity index (χ1v) is 9.07. The number of carbonyl (C=O) groups excluding carboxylic acids is 2. The lowest BCUT2D eigenvalue weighted by atomic mass is 10.0. The van der Waals surface area contributed by atoms with Gasteiger partial charge in [0.2, 0.25) is 5.78 Å². The number of carbonyl (C=O) groups is 2. The second-order valence-electron chi connectivity index (χ2n) is 5.44. The summed E-state index contributed by atoms with van der Waals surface area (Å²) in [4.78, 5) is 29.7. The van der Waals surface area contributed by atoms with Gasteiger partial charge in [0.25, 0.3) is 0 Å². The van der Waals surface area contributed by atoms with Crippen LogP contribution in [-0.4, -0.2) is 21.1 Å². The molecular formula is C19H10Cl4N2O2. The molecule has 0 N–H and O–H groups in total. The van der Waals surface area contributed by atoms with Crippen LogP contribution in [0.1, 0.15) is 20.7 Å². The zero-order chi connectivity index (χ0) is 19.6. The van der Waals surface area contributed by atoms with Crippen LogP contribution in [0.4, 0.5) is 0 Å². The van der Waals surface area contributed by atoms with Crippen molar-refractivity contribution in [2.24, 2.45) is 0 Å². The first kappa shape index (κ1) is 19.6. The van der Waals surface area contributed by atoms with E-state index in [-0.39, 0.29) is 26.9 Å². The van der Waals surface area contributed by atoms with Crippen molar-refractivity contribution in [3.05, 3.63) is 92.4 Å². The topological polar surface area (TPSA) is 52.0 Å². The quantitative estimate of drug-likeness (QED) is 0.356. The van der Waals surface area contributed by atoms with E-state index in [2.05, 4.69) is 4.98 Å². The molecule has 0 spiro atoms. The Hall–Kier alpha value is -2.11. The van der Waals surface area contributed by atoms with Crippen molar-refractivity contribution in [1.29, 1.82) is 0 Å². The van der Waals surface area contributed by atoms with Crippen LogP contribution in [0.3, 0.4) is 0 Å². The number of imidazole rings is 1. The van der Waals surface area contributed by atoms with Crippen LogP contribution < -0.4 is 0 Å². The van der Waals surface area contributed by atoms with Crippen LogP contribution in [0.2, 0.25) is 20.1 Å². The van der Waals surface area contributed by atoms with Gasteiger partial charge in [-0.1, -0.05) is 46.4 Å². The molecule has 4 nitrogen and oxygen atoms in total. The Kier molecular flexibility index (Phi) is 6.02. The van der Waals surface area contributed by atoms with Crippen LogP contribution in [0.15, 0.2) is 61.2 Å². The molecule has 136 valence electrons. The average molecular weight is 440 g/mol. The lowest BCUT2D eigenvalue weighted by Crippen LogP contribution is -2.11. The van der Waals surface area contributed by atoms with E-state index in [0.717, 1.165) is 0 Å². The Bertz CT molecular complexity index is 1060. The van der Waals surface area contributed by atoms with Gasteiger partial charge in [-0.2, -0.15) is 0 Å². The fourth-order valence-electron chi connectivity index (χ4n) is 2.36. The average Bonchev–Trinajstić information content (AvgIpc) is 3.13. The molecule has 2 aromatic carbocycles. The van der Waals surface area contributed by atoms with Crippen molar-refractivity contribution in [3.8, 4) is 0 Å². The lowest BCUT2D eigenvalue weighted by molar-refractivity contribution is 0.102. The molecule has 0 unspecified atom stereocenters. The van der Waals surface area contributed by atoms with Gasteiger partial charge in [-0.15, -0.1) is 0 Å². The number of hydrogen-bond acceptors (Lipinski definition) is 3. The van der Waals surface area contributed by atoms with Crippen LogP contribution in [0.5, 0.6) is 0 Å². The summed E-state index contributed by atoms with van der Waals surface area (Å²) in [5.74, 6) is -0.924. The van der Waals surface area contributed by atoms with Gasteiger partial charge >= 0.3 is 0 Å². The summed E-state index contributed by atoms with van der Waals surface area (Å²) in [6.45, 7) is 0. The van der Waals surface area contributed by atoms with Crippen LogP contribution in [-0.2, 0) is 0 Å². The minimum absolute atomic E-state index is 0.0627. The Labute approximate surface area is 174 Å². The fourth-order valence-corrected chi connectivity index (χ4v) is 3.36. The van der Waals surface area contributed by atoms with Crippen LogP contribution in [0, 0.1) is 0 Å². The monoisotopic (exact) mass is 438 g/mol. The number of Topliss-reactive ketones (excluding diaryl/α,β-unsaturated/α-hetero) is 1. The minimum Gasteiger partial charge on any atom is -0.302 e. The number of rotatable bonds is 5. The Morgan fingerprint density at radius 1 is 0.889 bits per heavy atom. The number of benzene rings is 2. The Balaban J connectivity index is 2.07. The summed E-state index contributed by atoms with van der Waals surface area (Å²) in [6, 6.07) is 9.00. The van der Waals surface area contributed by atoms with Crippen LogP contribution >= 0.6 is 46.4 Å². The van der Waals surface area contributed by atoms with Crippen LogP contribution in [0.25, 0.3) is 5.70 Å². The van der Waals surface area contributed by atoms with Gasteiger partial charge in [-0.3, -0.25) is 9.59 Å². The summed E-state index contributed by atoms with van der Waals surface area (Å²) >= 11 is 24.0. The molecule has 0 aliphatic heterocycles. The number of aromatic nitrogens is 2. The molecule has 27 heavy (non-hydrogen) atoms. The van der Waals surface area contributed by atoms with Gasteiger partial charge in [-0.25, -0.2) is 4.98 Å². The fraction of sp³-hybridized carbons (Fsp3) is 0. The number of hydrogen-bond donors (Lipinski definition) is 0.